The molecule has 2 heterocycles. The van der Waals surface area contributed by atoms with E-state index in [9.17, 15) is 0 Å². The Morgan fingerprint density at radius 3 is 2.81 bits per heavy atom. The Morgan fingerprint density at radius 2 is 2.19 bits per heavy atom. The summed E-state index contributed by atoms with van der Waals surface area (Å²) in [5.41, 5.74) is 1.01. The summed E-state index contributed by atoms with van der Waals surface area (Å²) in [5, 5.41) is 8.66. The second-order valence-electron chi connectivity index (χ2n) is 3.63. The van der Waals surface area contributed by atoms with Gasteiger partial charge in [-0.25, -0.2) is 4.98 Å². The fraction of sp³-hybridized carbons (Fsp3) is 0.417. The van der Waals surface area contributed by atoms with Gasteiger partial charge in [-0.3, -0.25) is 0 Å². The zero-order chi connectivity index (χ0) is 11.2. The minimum absolute atomic E-state index is 0.0607. The van der Waals surface area contributed by atoms with Crippen molar-refractivity contribution in [1.82, 2.24) is 4.98 Å². The third kappa shape index (κ3) is 2.81. The lowest BCUT2D eigenvalue weighted by Gasteiger charge is -2.27. The second-order valence-corrected chi connectivity index (χ2v) is 3.63. The predicted octanol–water partition coefficient (Wildman–Crippen LogP) is 0.924. The van der Waals surface area contributed by atoms with Gasteiger partial charge in [-0.05, 0) is 17.7 Å². The first kappa shape index (κ1) is 11.1. The molecular weight excluding hydrogens is 204 g/mol. The number of rotatable bonds is 3. The van der Waals surface area contributed by atoms with E-state index in [1.54, 1.807) is 6.08 Å². The molecule has 0 saturated carbocycles. The molecule has 0 bridgehead atoms. The molecule has 1 saturated heterocycles. The average Bonchev–Trinajstić information content (AvgIpc) is 2.38. The van der Waals surface area contributed by atoms with E-state index in [1.165, 1.54) is 0 Å². The Labute approximate surface area is 95.2 Å². The number of pyridine rings is 1. The molecule has 1 aliphatic rings. The number of aliphatic hydroxyl groups excluding tert-OH is 1. The summed E-state index contributed by atoms with van der Waals surface area (Å²) in [5.74, 6) is 0.990. The summed E-state index contributed by atoms with van der Waals surface area (Å²) in [6, 6.07) is 4.01. The second kappa shape index (κ2) is 5.63. The maximum Gasteiger partial charge on any atom is 0.128 e. The number of hydrogen-bond donors (Lipinski definition) is 1. The SMILES string of the molecule is OCC=Cc1ccc(N2CCOCC2)nc1. The molecule has 2 rings (SSSR count). The zero-order valence-electron chi connectivity index (χ0n) is 9.17. The molecule has 0 amide bonds. The van der Waals surface area contributed by atoms with E-state index in [4.69, 9.17) is 9.84 Å². The van der Waals surface area contributed by atoms with Gasteiger partial charge in [0, 0.05) is 19.3 Å². The van der Waals surface area contributed by atoms with Crippen LogP contribution in [0.15, 0.2) is 24.4 Å². The lowest BCUT2D eigenvalue weighted by atomic mass is 10.2. The molecule has 0 aromatic carbocycles. The number of aromatic nitrogens is 1. The maximum absolute atomic E-state index is 8.66. The Balaban J connectivity index is 2.03. The van der Waals surface area contributed by atoms with E-state index in [0.717, 1.165) is 37.7 Å². The van der Waals surface area contributed by atoms with Gasteiger partial charge in [0.2, 0.25) is 0 Å². The first-order valence-electron chi connectivity index (χ1n) is 5.46. The van der Waals surface area contributed by atoms with Crippen LogP contribution in [0.2, 0.25) is 0 Å². The van der Waals surface area contributed by atoms with Gasteiger partial charge in [-0.2, -0.15) is 0 Å². The van der Waals surface area contributed by atoms with E-state index < -0.39 is 0 Å². The van der Waals surface area contributed by atoms with Crippen LogP contribution in [-0.2, 0) is 4.74 Å². The molecular formula is C12H16N2O2. The first-order chi connectivity index (χ1) is 7.90. The molecule has 1 fully saturated rings. The van der Waals surface area contributed by atoms with Gasteiger partial charge in [0.25, 0.3) is 0 Å². The number of nitrogens with zero attached hydrogens (tertiary/aromatic N) is 2. The van der Waals surface area contributed by atoms with Crippen molar-refractivity contribution < 1.29 is 9.84 Å². The van der Waals surface area contributed by atoms with Crippen molar-refractivity contribution in [2.24, 2.45) is 0 Å². The van der Waals surface area contributed by atoms with Crippen molar-refractivity contribution in [2.75, 3.05) is 37.8 Å². The quantitative estimate of drug-likeness (QED) is 0.823. The fourth-order valence-electron chi connectivity index (χ4n) is 1.66. The molecule has 1 N–H and O–H groups in total. The predicted molar refractivity (Wildman–Crippen MR) is 63.4 cm³/mol. The van der Waals surface area contributed by atoms with Crippen LogP contribution in [0.1, 0.15) is 5.56 Å². The summed E-state index contributed by atoms with van der Waals surface area (Å²) in [6.07, 6.45) is 5.37. The number of morpholine rings is 1. The van der Waals surface area contributed by atoms with E-state index in [0.29, 0.717) is 0 Å². The van der Waals surface area contributed by atoms with E-state index >= 15 is 0 Å². The van der Waals surface area contributed by atoms with E-state index in [2.05, 4.69) is 9.88 Å². The Hall–Kier alpha value is -1.39. The lowest BCUT2D eigenvalue weighted by molar-refractivity contribution is 0.122. The molecule has 16 heavy (non-hydrogen) atoms. The molecule has 0 atom stereocenters. The minimum Gasteiger partial charge on any atom is -0.392 e. The summed E-state index contributed by atoms with van der Waals surface area (Å²) in [7, 11) is 0. The van der Waals surface area contributed by atoms with E-state index in [-0.39, 0.29) is 6.61 Å². The van der Waals surface area contributed by atoms with Gasteiger partial charge in [-0.1, -0.05) is 12.2 Å². The number of aliphatic hydroxyl groups is 1. The van der Waals surface area contributed by atoms with Crippen molar-refractivity contribution in [3.63, 3.8) is 0 Å². The van der Waals surface area contributed by atoms with Crippen LogP contribution in [0.4, 0.5) is 5.82 Å². The highest BCUT2D eigenvalue weighted by atomic mass is 16.5. The normalized spacial score (nSPS) is 16.9. The topological polar surface area (TPSA) is 45.6 Å². The van der Waals surface area contributed by atoms with Gasteiger partial charge < -0.3 is 14.7 Å². The Bertz CT molecular complexity index is 343. The van der Waals surface area contributed by atoms with Crippen LogP contribution in [0.25, 0.3) is 6.08 Å². The molecule has 0 unspecified atom stereocenters. The molecule has 1 aromatic heterocycles. The van der Waals surface area contributed by atoms with Crippen LogP contribution in [0.3, 0.4) is 0 Å². The smallest absolute Gasteiger partial charge is 0.128 e. The third-order valence-corrected chi connectivity index (χ3v) is 2.52. The molecule has 0 aliphatic carbocycles. The molecule has 86 valence electrons. The maximum atomic E-state index is 8.66. The standard InChI is InChI=1S/C12H16N2O2/c15-7-1-2-11-3-4-12(13-10-11)14-5-8-16-9-6-14/h1-4,10,15H,5-9H2. The van der Waals surface area contributed by atoms with Gasteiger partial charge in [0.05, 0.1) is 19.8 Å². The number of hydrogen-bond acceptors (Lipinski definition) is 4. The molecule has 1 aliphatic heterocycles. The lowest BCUT2D eigenvalue weighted by Crippen LogP contribution is -2.36. The number of anilines is 1. The van der Waals surface area contributed by atoms with Crippen molar-refractivity contribution in [2.45, 2.75) is 0 Å². The Kier molecular flexibility index (Phi) is 3.91. The van der Waals surface area contributed by atoms with Crippen LogP contribution in [0, 0.1) is 0 Å². The summed E-state index contributed by atoms with van der Waals surface area (Å²) >= 11 is 0. The summed E-state index contributed by atoms with van der Waals surface area (Å²) in [4.78, 5) is 6.60. The summed E-state index contributed by atoms with van der Waals surface area (Å²) in [6.45, 7) is 3.41. The highest BCUT2D eigenvalue weighted by Crippen LogP contribution is 2.13. The zero-order valence-corrected chi connectivity index (χ0v) is 9.17. The Morgan fingerprint density at radius 1 is 1.38 bits per heavy atom. The first-order valence-corrected chi connectivity index (χ1v) is 5.46. The number of ether oxygens (including phenoxy) is 1. The average molecular weight is 220 g/mol. The highest BCUT2D eigenvalue weighted by Gasteiger charge is 2.11. The molecule has 0 radical (unpaired) electrons. The van der Waals surface area contributed by atoms with Gasteiger partial charge in [0.15, 0.2) is 0 Å². The van der Waals surface area contributed by atoms with E-state index in [1.807, 2.05) is 24.4 Å². The van der Waals surface area contributed by atoms with Gasteiger partial charge in [0.1, 0.15) is 5.82 Å². The minimum atomic E-state index is 0.0607. The molecule has 1 aromatic rings. The van der Waals surface area contributed by atoms with Crippen molar-refractivity contribution in [1.29, 1.82) is 0 Å². The van der Waals surface area contributed by atoms with Gasteiger partial charge >= 0.3 is 0 Å². The fourth-order valence-corrected chi connectivity index (χ4v) is 1.66. The molecule has 0 spiro atoms. The monoisotopic (exact) mass is 220 g/mol. The van der Waals surface area contributed by atoms with Crippen LogP contribution >= 0.6 is 0 Å². The third-order valence-electron chi connectivity index (χ3n) is 2.52. The van der Waals surface area contributed by atoms with Crippen LogP contribution in [0.5, 0.6) is 0 Å². The summed E-state index contributed by atoms with van der Waals surface area (Å²) < 4.78 is 5.29. The highest BCUT2D eigenvalue weighted by molar-refractivity contribution is 5.51. The molecule has 4 nitrogen and oxygen atoms in total. The van der Waals surface area contributed by atoms with Crippen LogP contribution < -0.4 is 4.90 Å². The largest absolute Gasteiger partial charge is 0.392 e. The van der Waals surface area contributed by atoms with Crippen molar-refractivity contribution >= 4 is 11.9 Å². The molecule has 4 heteroatoms. The van der Waals surface area contributed by atoms with Gasteiger partial charge in [-0.15, -0.1) is 0 Å². The van der Waals surface area contributed by atoms with Crippen molar-refractivity contribution in [3.05, 3.63) is 30.0 Å². The van der Waals surface area contributed by atoms with Crippen LogP contribution in [-0.4, -0.2) is 43.0 Å². The van der Waals surface area contributed by atoms with Crippen molar-refractivity contribution in [3.8, 4) is 0 Å².